The fourth-order valence-corrected chi connectivity index (χ4v) is 1.13. The van der Waals surface area contributed by atoms with Gasteiger partial charge in [0.1, 0.15) is 11.5 Å². The molecule has 5 heteroatoms. The topological polar surface area (TPSA) is 76.0 Å². The molecule has 0 aromatic rings. The Morgan fingerprint density at radius 1 is 1.62 bits per heavy atom. The lowest BCUT2D eigenvalue weighted by atomic mass is 10.0. The average molecular weight is 183 g/mol. The van der Waals surface area contributed by atoms with Crippen LogP contribution in [0.5, 0.6) is 0 Å². The first-order valence-electron chi connectivity index (χ1n) is 3.73. The Morgan fingerprint density at radius 2 is 2.31 bits per heavy atom. The number of methoxy groups -OCH3 is 1. The second-order valence-electron chi connectivity index (χ2n) is 2.58. The van der Waals surface area contributed by atoms with Gasteiger partial charge >= 0.3 is 5.97 Å². The summed E-state index contributed by atoms with van der Waals surface area (Å²) in [4.78, 5) is 20.8. The standard InChI is InChI=1S/C8H9NO4/c1-13-7-4-5(8(10)11)2-3-6(7)9-12/h4H,2-3H2,1H3,(H,10,11). The third-order valence-corrected chi connectivity index (χ3v) is 1.83. The fraction of sp³-hybridized carbons (Fsp3) is 0.375. The van der Waals surface area contributed by atoms with Crippen LogP contribution in [0.2, 0.25) is 0 Å². The van der Waals surface area contributed by atoms with Crippen molar-refractivity contribution in [2.24, 2.45) is 5.18 Å². The van der Waals surface area contributed by atoms with E-state index in [-0.39, 0.29) is 17.0 Å². The van der Waals surface area contributed by atoms with Crippen LogP contribution in [0.1, 0.15) is 12.8 Å². The molecule has 0 saturated carbocycles. The Kier molecular flexibility index (Phi) is 2.79. The Balaban J connectivity index is 2.99. The molecule has 0 spiro atoms. The largest absolute Gasteiger partial charge is 0.495 e. The number of rotatable bonds is 3. The summed E-state index contributed by atoms with van der Waals surface area (Å²) in [5.74, 6) is -0.738. The van der Waals surface area contributed by atoms with E-state index in [1.54, 1.807) is 0 Å². The molecule has 70 valence electrons. The molecule has 1 N–H and O–H groups in total. The van der Waals surface area contributed by atoms with Crippen LogP contribution in [0.15, 0.2) is 28.3 Å². The van der Waals surface area contributed by atoms with Crippen molar-refractivity contribution < 1.29 is 14.6 Å². The lowest BCUT2D eigenvalue weighted by Gasteiger charge is -2.11. The van der Waals surface area contributed by atoms with E-state index in [2.05, 4.69) is 5.18 Å². The molecule has 0 heterocycles. The summed E-state index contributed by atoms with van der Waals surface area (Å²) in [5, 5.41) is 11.4. The lowest BCUT2D eigenvalue weighted by molar-refractivity contribution is -0.132. The maximum Gasteiger partial charge on any atom is 0.331 e. The first kappa shape index (κ1) is 9.44. The van der Waals surface area contributed by atoms with Crippen LogP contribution in [-0.4, -0.2) is 18.2 Å². The molecule has 1 aliphatic rings. The van der Waals surface area contributed by atoms with Crippen molar-refractivity contribution in [3.8, 4) is 0 Å². The van der Waals surface area contributed by atoms with Gasteiger partial charge in [-0.1, -0.05) is 0 Å². The van der Waals surface area contributed by atoms with Crippen LogP contribution in [0.25, 0.3) is 0 Å². The molecule has 13 heavy (non-hydrogen) atoms. The summed E-state index contributed by atoms with van der Waals surface area (Å²) in [7, 11) is 1.38. The highest BCUT2D eigenvalue weighted by Gasteiger charge is 2.18. The van der Waals surface area contributed by atoms with Crippen molar-refractivity contribution in [1.82, 2.24) is 0 Å². The number of carbonyl (C=O) groups is 1. The number of hydrogen-bond donors (Lipinski definition) is 1. The van der Waals surface area contributed by atoms with E-state index in [0.29, 0.717) is 12.8 Å². The Bertz CT molecular complexity index is 303. The van der Waals surface area contributed by atoms with E-state index in [1.807, 2.05) is 0 Å². The first-order chi connectivity index (χ1) is 6.19. The zero-order valence-corrected chi connectivity index (χ0v) is 7.11. The smallest absolute Gasteiger partial charge is 0.331 e. The molecule has 0 atom stereocenters. The predicted octanol–water partition coefficient (Wildman–Crippen LogP) is 1.42. The highest BCUT2D eigenvalue weighted by atomic mass is 16.5. The minimum Gasteiger partial charge on any atom is -0.495 e. The van der Waals surface area contributed by atoms with Crippen molar-refractivity contribution in [1.29, 1.82) is 0 Å². The Morgan fingerprint density at radius 3 is 2.77 bits per heavy atom. The molecule has 0 fully saturated rings. The molecule has 0 unspecified atom stereocenters. The van der Waals surface area contributed by atoms with Gasteiger partial charge in [-0.2, -0.15) is 0 Å². The van der Waals surface area contributed by atoms with Gasteiger partial charge in [-0.05, 0) is 17.7 Å². The predicted molar refractivity (Wildman–Crippen MR) is 44.8 cm³/mol. The average Bonchev–Trinajstić information content (AvgIpc) is 2.16. The van der Waals surface area contributed by atoms with Crippen molar-refractivity contribution in [2.45, 2.75) is 12.8 Å². The lowest BCUT2D eigenvalue weighted by Crippen LogP contribution is -2.07. The van der Waals surface area contributed by atoms with Crippen LogP contribution in [0.3, 0.4) is 0 Å². The summed E-state index contributed by atoms with van der Waals surface area (Å²) in [6, 6.07) is 0. The number of hydrogen-bond acceptors (Lipinski definition) is 4. The van der Waals surface area contributed by atoms with E-state index < -0.39 is 5.97 Å². The summed E-state index contributed by atoms with van der Waals surface area (Å²) in [6.45, 7) is 0. The van der Waals surface area contributed by atoms with E-state index in [0.717, 1.165) is 0 Å². The third kappa shape index (κ3) is 1.93. The van der Waals surface area contributed by atoms with E-state index in [9.17, 15) is 9.70 Å². The molecule has 0 aromatic carbocycles. The second kappa shape index (κ2) is 3.84. The zero-order chi connectivity index (χ0) is 9.84. The molecular weight excluding hydrogens is 174 g/mol. The Hall–Kier alpha value is -1.65. The molecular formula is C8H9NO4. The normalized spacial score (nSPS) is 16.5. The van der Waals surface area contributed by atoms with E-state index >= 15 is 0 Å². The third-order valence-electron chi connectivity index (χ3n) is 1.83. The molecule has 0 radical (unpaired) electrons. The number of ether oxygens (including phenoxy) is 1. The number of nitroso groups, excluding NO2 is 1. The maximum absolute atomic E-state index is 10.6. The quantitative estimate of drug-likeness (QED) is 0.671. The summed E-state index contributed by atoms with van der Waals surface area (Å²) >= 11 is 0. The van der Waals surface area contributed by atoms with Crippen LogP contribution in [-0.2, 0) is 9.53 Å². The fourth-order valence-electron chi connectivity index (χ4n) is 1.13. The number of aliphatic carboxylic acids is 1. The van der Waals surface area contributed by atoms with Crippen LogP contribution in [0, 0.1) is 4.91 Å². The molecule has 0 saturated heterocycles. The van der Waals surface area contributed by atoms with Crippen molar-refractivity contribution >= 4 is 5.97 Å². The summed E-state index contributed by atoms with van der Waals surface area (Å²) in [5.41, 5.74) is 0.511. The maximum atomic E-state index is 10.6. The van der Waals surface area contributed by atoms with Gasteiger partial charge in [0, 0.05) is 12.0 Å². The molecule has 0 amide bonds. The highest BCUT2D eigenvalue weighted by Crippen LogP contribution is 2.24. The SMILES string of the molecule is COC1=C(N=O)CCC(C(=O)O)=C1. The van der Waals surface area contributed by atoms with Gasteiger partial charge in [0.2, 0.25) is 0 Å². The molecule has 5 nitrogen and oxygen atoms in total. The zero-order valence-electron chi connectivity index (χ0n) is 7.11. The summed E-state index contributed by atoms with van der Waals surface area (Å²) in [6.07, 6.45) is 1.98. The molecule has 1 rings (SSSR count). The first-order valence-corrected chi connectivity index (χ1v) is 3.73. The van der Waals surface area contributed by atoms with E-state index in [4.69, 9.17) is 9.84 Å². The van der Waals surface area contributed by atoms with Gasteiger partial charge in [0.05, 0.1) is 7.11 Å². The number of carboxylic acids is 1. The van der Waals surface area contributed by atoms with Crippen molar-refractivity contribution in [3.05, 3.63) is 28.0 Å². The number of nitrogens with zero attached hydrogens (tertiary/aromatic N) is 1. The van der Waals surface area contributed by atoms with E-state index in [1.165, 1.54) is 13.2 Å². The molecule has 0 aliphatic heterocycles. The van der Waals surface area contributed by atoms with Crippen molar-refractivity contribution in [2.75, 3.05) is 7.11 Å². The second-order valence-corrected chi connectivity index (χ2v) is 2.58. The van der Waals surface area contributed by atoms with Crippen LogP contribution < -0.4 is 0 Å². The van der Waals surface area contributed by atoms with Gasteiger partial charge in [0.25, 0.3) is 0 Å². The number of allylic oxidation sites excluding steroid dienone is 2. The molecule has 0 bridgehead atoms. The minimum atomic E-state index is -0.987. The van der Waals surface area contributed by atoms with Crippen LogP contribution >= 0.6 is 0 Å². The van der Waals surface area contributed by atoms with Crippen LogP contribution in [0.4, 0.5) is 0 Å². The van der Waals surface area contributed by atoms with Gasteiger partial charge in [0.15, 0.2) is 0 Å². The number of carboxylic acid groups (broad SMARTS) is 1. The highest BCUT2D eigenvalue weighted by molar-refractivity contribution is 5.87. The Labute approximate surface area is 74.7 Å². The van der Waals surface area contributed by atoms with Crippen molar-refractivity contribution in [3.63, 3.8) is 0 Å². The van der Waals surface area contributed by atoms with Gasteiger partial charge in [-0.15, -0.1) is 4.91 Å². The molecule has 1 aliphatic carbocycles. The van der Waals surface area contributed by atoms with Gasteiger partial charge in [-0.3, -0.25) is 0 Å². The minimum absolute atomic E-state index is 0.240. The molecule has 0 aromatic heterocycles. The van der Waals surface area contributed by atoms with Gasteiger partial charge < -0.3 is 9.84 Å². The monoisotopic (exact) mass is 183 g/mol. The summed E-state index contributed by atoms with van der Waals surface area (Å²) < 4.78 is 4.82. The van der Waals surface area contributed by atoms with Gasteiger partial charge in [-0.25, -0.2) is 4.79 Å².